The Balaban J connectivity index is 2.90. The molecule has 0 bridgehead atoms. The largest absolute Gasteiger partial charge is 0.355 e. The third kappa shape index (κ3) is 4.66. The molecule has 10 nitrogen and oxygen atoms in total. The third-order valence-electron chi connectivity index (χ3n) is 2.42. The summed E-state index contributed by atoms with van der Waals surface area (Å²) in [6.45, 7) is 1.38. The fraction of sp³-hybridized carbons (Fsp3) is 0.300. The van der Waals surface area contributed by atoms with Gasteiger partial charge in [0.05, 0.1) is 9.82 Å². The number of nitrogens with zero attached hydrogens (tertiary/aromatic N) is 1. The molecule has 0 heterocycles. The molecule has 1 rings (SSSR count). The SMILES string of the molecule is CC(=O)NCCNS(=O)(=O)c1ccc(NN)c([N+](=O)[O-])c1. The van der Waals surface area contributed by atoms with Gasteiger partial charge in [0, 0.05) is 26.1 Å². The minimum absolute atomic E-state index is 0.00260. The molecule has 1 amide bonds. The zero-order valence-corrected chi connectivity index (χ0v) is 11.9. The average Bonchev–Trinajstić information content (AvgIpc) is 2.42. The summed E-state index contributed by atoms with van der Waals surface area (Å²) in [5.41, 5.74) is 1.66. The van der Waals surface area contributed by atoms with Crippen LogP contribution in [0.1, 0.15) is 6.92 Å². The second-order valence-electron chi connectivity index (χ2n) is 3.96. The summed E-state index contributed by atoms with van der Waals surface area (Å²) in [7, 11) is -3.91. The van der Waals surface area contributed by atoms with E-state index in [9.17, 15) is 23.3 Å². The van der Waals surface area contributed by atoms with E-state index in [1.807, 2.05) is 0 Å². The Kier molecular flexibility index (Phi) is 5.58. The fourth-order valence-corrected chi connectivity index (χ4v) is 2.51. The van der Waals surface area contributed by atoms with Crippen molar-refractivity contribution in [2.45, 2.75) is 11.8 Å². The summed E-state index contributed by atoms with van der Waals surface area (Å²) in [6.07, 6.45) is 0. The predicted molar refractivity (Wildman–Crippen MR) is 74.8 cm³/mol. The van der Waals surface area contributed by atoms with Crippen LogP contribution in [0, 0.1) is 10.1 Å². The molecular formula is C10H15N5O5S. The zero-order valence-electron chi connectivity index (χ0n) is 11.1. The molecule has 0 saturated heterocycles. The monoisotopic (exact) mass is 317 g/mol. The lowest BCUT2D eigenvalue weighted by molar-refractivity contribution is -0.384. The van der Waals surface area contributed by atoms with E-state index in [2.05, 4.69) is 15.5 Å². The molecule has 1 aromatic carbocycles. The van der Waals surface area contributed by atoms with Crippen molar-refractivity contribution >= 4 is 27.3 Å². The number of hydrogen-bond acceptors (Lipinski definition) is 7. The summed E-state index contributed by atoms with van der Waals surface area (Å²) in [6, 6.07) is 3.28. The lowest BCUT2D eigenvalue weighted by atomic mass is 10.3. The van der Waals surface area contributed by atoms with E-state index < -0.39 is 20.6 Å². The van der Waals surface area contributed by atoms with Gasteiger partial charge in [-0.2, -0.15) is 0 Å². The van der Waals surface area contributed by atoms with Gasteiger partial charge in [-0.05, 0) is 12.1 Å². The van der Waals surface area contributed by atoms with Crippen LogP contribution >= 0.6 is 0 Å². The van der Waals surface area contributed by atoms with Crippen LogP contribution in [0.3, 0.4) is 0 Å². The van der Waals surface area contributed by atoms with Crippen molar-refractivity contribution in [2.24, 2.45) is 5.84 Å². The first kappa shape index (κ1) is 16.8. The highest BCUT2D eigenvalue weighted by atomic mass is 32.2. The van der Waals surface area contributed by atoms with Gasteiger partial charge < -0.3 is 10.7 Å². The van der Waals surface area contributed by atoms with Crippen molar-refractivity contribution in [3.63, 3.8) is 0 Å². The number of anilines is 1. The van der Waals surface area contributed by atoms with Gasteiger partial charge in [0.1, 0.15) is 5.69 Å². The summed E-state index contributed by atoms with van der Waals surface area (Å²) in [5.74, 6) is 4.83. The number of nitrogens with one attached hydrogen (secondary N) is 3. The van der Waals surface area contributed by atoms with Crippen molar-refractivity contribution in [3.05, 3.63) is 28.3 Å². The first-order chi connectivity index (χ1) is 9.77. The van der Waals surface area contributed by atoms with Crippen molar-refractivity contribution in [3.8, 4) is 0 Å². The molecule has 11 heteroatoms. The van der Waals surface area contributed by atoms with Gasteiger partial charge in [-0.25, -0.2) is 13.1 Å². The number of amides is 1. The Hall–Kier alpha value is -2.24. The number of nitrogens with two attached hydrogens (primary N) is 1. The Morgan fingerprint density at radius 2 is 2.05 bits per heavy atom. The number of hydrogen-bond donors (Lipinski definition) is 4. The quantitative estimate of drug-likeness (QED) is 0.224. The Morgan fingerprint density at radius 3 is 2.57 bits per heavy atom. The number of nitrogen functional groups attached to an aromatic ring is 1. The Labute approximate surface area is 120 Å². The van der Waals surface area contributed by atoms with Gasteiger partial charge >= 0.3 is 0 Å². The fourth-order valence-electron chi connectivity index (χ4n) is 1.46. The number of rotatable bonds is 7. The van der Waals surface area contributed by atoms with E-state index in [0.29, 0.717) is 0 Å². The number of carbonyl (C=O) groups is 1. The van der Waals surface area contributed by atoms with Crippen molar-refractivity contribution < 1.29 is 18.1 Å². The number of benzene rings is 1. The van der Waals surface area contributed by atoms with Crippen LogP contribution in [-0.2, 0) is 14.8 Å². The normalized spacial score (nSPS) is 11.0. The molecular weight excluding hydrogens is 302 g/mol. The molecule has 0 unspecified atom stereocenters. The van der Waals surface area contributed by atoms with Crippen LogP contribution in [0.2, 0.25) is 0 Å². The second kappa shape index (κ2) is 6.97. The molecule has 1 aromatic rings. The molecule has 0 saturated carbocycles. The highest BCUT2D eigenvalue weighted by molar-refractivity contribution is 7.89. The zero-order chi connectivity index (χ0) is 16.0. The topological polar surface area (TPSA) is 156 Å². The van der Waals surface area contributed by atoms with Crippen molar-refractivity contribution in [1.29, 1.82) is 0 Å². The Morgan fingerprint density at radius 1 is 1.38 bits per heavy atom. The number of sulfonamides is 1. The van der Waals surface area contributed by atoms with E-state index in [-0.39, 0.29) is 29.6 Å². The highest BCUT2D eigenvalue weighted by Crippen LogP contribution is 2.26. The first-order valence-corrected chi connectivity index (χ1v) is 7.25. The van der Waals surface area contributed by atoms with E-state index in [4.69, 9.17) is 5.84 Å². The van der Waals surface area contributed by atoms with E-state index in [0.717, 1.165) is 6.07 Å². The minimum atomic E-state index is -3.91. The van der Waals surface area contributed by atoms with Crippen molar-refractivity contribution in [1.82, 2.24) is 10.0 Å². The van der Waals surface area contributed by atoms with Crippen LogP contribution in [0.4, 0.5) is 11.4 Å². The lowest BCUT2D eigenvalue weighted by Gasteiger charge is -2.08. The molecule has 0 radical (unpaired) electrons. The molecule has 21 heavy (non-hydrogen) atoms. The van der Waals surface area contributed by atoms with Crippen LogP contribution < -0.4 is 21.3 Å². The van der Waals surface area contributed by atoms with Gasteiger partial charge in [-0.1, -0.05) is 0 Å². The summed E-state index contributed by atoms with van der Waals surface area (Å²) in [4.78, 5) is 20.5. The lowest BCUT2D eigenvalue weighted by Crippen LogP contribution is -2.33. The van der Waals surface area contributed by atoms with Gasteiger partial charge in [-0.15, -0.1) is 0 Å². The second-order valence-corrected chi connectivity index (χ2v) is 5.73. The summed E-state index contributed by atoms with van der Waals surface area (Å²) >= 11 is 0. The standard InChI is InChI=1S/C10H15N5O5S/c1-7(16)12-4-5-13-21(19,20)8-2-3-9(14-11)10(6-8)15(17)18/h2-3,6,13-14H,4-5,11H2,1H3,(H,12,16). The maximum Gasteiger partial charge on any atom is 0.294 e. The Bertz CT molecular complexity index is 645. The van der Waals surface area contributed by atoms with Gasteiger partial charge in [-0.3, -0.25) is 20.8 Å². The predicted octanol–water partition coefficient (Wildman–Crippen LogP) is -0.705. The smallest absolute Gasteiger partial charge is 0.294 e. The molecule has 0 aliphatic heterocycles. The van der Waals surface area contributed by atoms with Gasteiger partial charge in [0.25, 0.3) is 5.69 Å². The third-order valence-corrected chi connectivity index (χ3v) is 3.88. The maximum atomic E-state index is 12.0. The van der Waals surface area contributed by atoms with Crippen LogP contribution in [0.5, 0.6) is 0 Å². The molecule has 0 aliphatic rings. The highest BCUT2D eigenvalue weighted by Gasteiger charge is 2.20. The molecule has 116 valence electrons. The number of nitro groups is 1. The van der Waals surface area contributed by atoms with Gasteiger partial charge in [0.2, 0.25) is 15.9 Å². The van der Waals surface area contributed by atoms with Crippen LogP contribution in [-0.4, -0.2) is 32.3 Å². The minimum Gasteiger partial charge on any atom is -0.355 e. The molecule has 0 spiro atoms. The van der Waals surface area contributed by atoms with E-state index >= 15 is 0 Å². The summed E-state index contributed by atoms with van der Waals surface area (Å²) < 4.78 is 26.1. The first-order valence-electron chi connectivity index (χ1n) is 5.77. The van der Waals surface area contributed by atoms with E-state index in [1.165, 1.54) is 19.1 Å². The molecule has 5 N–H and O–H groups in total. The number of hydrazine groups is 1. The molecule has 0 fully saturated rings. The number of nitro benzene ring substituents is 1. The number of carbonyl (C=O) groups excluding carboxylic acids is 1. The van der Waals surface area contributed by atoms with Gasteiger partial charge in [0.15, 0.2) is 0 Å². The van der Waals surface area contributed by atoms with Crippen molar-refractivity contribution in [2.75, 3.05) is 18.5 Å². The molecule has 0 atom stereocenters. The van der Waals surface area contributed by atoms with E-state index in [1.54, 1.807) is 0 Å². The molecule has 0 aromatic heterocycles. The maximum absolute atomic E-state index is 12.0. The average molecular weight is 317 g/mol. The molecule has 0 aliphatic carbocycles. The van der Waals surface area contributed by atoms with Crippen LogP contribution in [0.25, 0.3) is 0 Å². The summed E-state index contributed by atoms with van der Waals surface area (Å²) in [5, 5.41) is 13.3. The van der Waals surface area contributed by atoms with Crippen LogP contribution in [0.15, 0.2) is 23.1 Å².